The minimum Gasteiger partial charge on any atom is -0.322 e. The highest BCUT2D eigenvalue weighted by atomic mass is 19.1. The van der Waals surface area contributed by atoms with Crippen molar-refractivity contribution in [3.63, 3.8) is 0 Å². The van der Waals surface area contributed by atoms with Gasteiger partial charge in [0.15, 0.2) is 11.5 Å². The molecule has 2 heterocycles. The molecule has 0 fully saturated rings. The van der Waals surface area contributed by atoms with E-state index in [1.165, 1.54) is 12.1 Å². The van der Waals surface area contributed by atoms with E-state index >= 15 is 0 Å². The summed E-state index contributed by atoms with van der Waals surface area (Å²) in [4.78, 5) is 35.0. The average molecular weight is 406 g/mol. The number of nitrogens with one attached hydrogen (secondary N) is 1. The van der Waals surface area contributed by atoms with Crippen molar-refractivity contribution in [3.8, 4) is 11.5 Å². The zero-order chi connectivity index (χ0) is 21.3. The summed E-state index contributed by atoms with van der Waals surface area (Å²) in [6.07, 6.45) is 2.66. The first-order chi connectivity index (χ1) is 14.5. The quantitative estimate of drug-likeness (QED) is 0.493. The fourth-order valence-corrected chi connectivity index (χ4v) is 3.80. The number of hydrogen-bond acceptors (Lipinski definition) is 4. The van der Waals surface area contributed by atoms with Crippen LogP contribution in [0.4, 0.5) is 4.39 Å². The van der Waals surface area contributed by atoms with Crippen molar-refractivity contribution in [1.29, 1.82) is 0 Å². The molecule has 0 spiro atoms. The van der Waals surface area contributed by atoms with Crippen LogP contribution in [-0.2, 0) is 13.0 Å². The van der Waals surface area contributed by atoms with Gasteiger partial charge in [-0.05, 0) is 54.2 Å². The van der Waals surface area contributed by atoms with Gasteiger partial charge in [0.05, 0.1) is 11.0 Å². The summed E-state index contributed by atoms with van der Waals surface area (Å²) >= 11 is 0. The van der Waals surface area contributed by atoms with E-state index in [0.29, 0.717) is 12.1 Å². The fraction of sp³-hybridized carbons (Fsp3) is 0.304. The SMILES string of the molecule is CCCc1ccc2c(c1)nc1c(=O)[nH]c(=O)nc-1n2CCC(C)c1ccc(F)cc1. The Morgan fingerprint density at radius 2 is 1.87 bits per heavy atom. The Balaban J connectivity index is 1.79. The van der Waals surface area contributed by atoms with Crippen LogP contribution in [0.5, 0.6) is 0 Å². The monoisotopic (exact) mass is 406 g/mol. The van der Waals surface area contributed by atoms with Crippen LogP contribution in [0.3, 0.4) is 0 Å². The lowest BCUT2D eigenvalue weighted by atomic mass is 9.97. The van der Waals surface area contributed by atoms with Gasteiger partial charge < -0.3 is 4.57 Å². The number of aromatic nitrogens is 4. The van der Waals surface area contributed by atoms with Gasteiger partial charge in [0.1, 0.15) is 5.82 Å². The molecular weight excluding hydrogens is 383 g/mol. The summed E-state index contributed by atoms with van der Waals surface area (Å²) in [5.74, 6) is 0.177. The van der Waals surface area contributed by atoms with Gasteiger partial charge in [0.25, 0.3) is 5.56 Å². The molecule has 2 aliphatic heterocycles. The van der Waals surface area contributed by atoms with Crippen LogP contribution in [0.25, 0.3) is 22.6 Å². The van der Waals surface area contributed by atoms with Crippen LogP contribution in [0, 0.1) is 5.82 Å². The standard InChI is InChI=1S/C23H23FN4O2/c1-3-4-15-5-10-19-18(13-15)25-20-21(26-23(30)27-22(20)29)28(19)12-11-14(2)16-6-8-17(24)9-7-16/h5-10,13-14H,3-4,11-12H2,1-2H3,(H,27,29,30). The van der Waals surface area contributed by atoms with Gasteiger partial charge in [-0.25, -0.2) is 14.2 Å². The van der Waals surface area contributed by atoms with Crippen molar-refractivity contribution in [2.24, 2.45) is 0 Å². The van der Waals surface area contributed by atoms with Gasteiger partial charge in [-0.3, -0.25) is 9.78 Å². The molecule has 0 saturated carbocycles. The third-order valence-electron chi connectivity index (χ3n) is 5.44. The highest BCUT2D eigenvalue weighted by molar-refractivity contribution is 5.80. The molecular formula is C23H23FN4O2. The molecule has 30 heavy (non-hydrogen) atoms. The predicted molar refractivity (Wildman–Crippen MR) is 114 cm³/mol. The van der Waals surface area contributed by atoms with Crippen molar-refractivity contribution in [2.75, 3.05) is 0 Å². The number of hydrogen-bond donors (Lipinski definition) is 1. The second kappa shape index (κ2) is 8.18. The topological polar surface area (TPSA) is 80.6 Å². The molecule has 6 nitrogen and oxygen atoms in total. The number of rotatable bonds is 6. The third kappa shape index (κ3) is 3.87. The number of aromatic amines is 1. The first kappa shape index (κ1) is 19.9. The molecule has 0 aliphatic carbocycles. The first-order valence-corrected chi connectivity index (χ1v) is 10.1. The summed E-state index contributed by atoms with van der Waals surface area (Å²) in [6, 6.07) is 12.5. The van der Waals surface area contributed by atoms with E-state index in [0.717, 1.165) is 35.9 Å². The Morgan fingerprint density at radius 1 is 1.10 bits per heavy atom. The largest absolute Gasteiger partial charge is 0.349 e. The molecule has 2 aliphatic rings. The molecule has 0 saturated heterocycles. The van der Waals surface area contributed by atoms with Crippen LogP contribution in [0.1, 0.15) is 43.7 Å². The fourth-order valence-electron chi connectivity index (χ4n) is 3.80. The molecule has 1 atom stereocenters. The number of aryl methyl sites for hydroxylation is 2. The number of halogens is 1. The summed E-state index contributed by atoms with van der Waals surface area (Å²) in [7, 11) is 0. The molecule has 0 aromatic heterocycles. The van der Waals surface area contributed by atoms with Crippen LogP contribution in [0.15, 0.2) is 52.1 Å². The average Bonchev–Trinajstić information content (AvgIpc) is 2.72. The zero-order valence-electron chi connectivity index (χ0n) is 17.0. The lowest BCUT2D eigenvalue weighted by molar-refractivity contribution is 0.579. The molecule has 2 aromatic carbocycles. The van der Waals surface area contributed by atoms with Gasteiger partial charge in [-0.1, -0.05) is 38.5 Å². The predicted octanol–water partition coefficient (Wildman–Crippen LogP) is 3.87. The van der Waals surface area contributed by atoms with Crippen molar-refractivity contribution in [3.05, 3.63) is 80.2 Å². The Kier molecular flexibility index (Phi) is 5.44. The molecule has 2 aromatic rings. The molecule has 0 bridgehead atoms. The minimum absolute atomic E-state index is 0.157. The summed E-state index contributed by atoms with van der Waals surface area (Å²) < 4.78 is 15.1. The Hall–Kier alpha value is -3.35. The lowest BCUT2D eigenvalue weighted by Gasteiger charge is -2.19. The van der Waals surface area contributed by atoms with Crippen LogP contribution in [-0.4, -0.2) is 19.5 Å². The highest BCUT2D eigenvalue weighted by Gasteiger charge is 2.19. The first-order valence-electron chi connectivity index (χ1n) is 10.1. The number of fused-ring (bicyclic) bond motifs is 2. The van der Waals surface area contributed by atoms with E-state index < -0.39 is 11.2 Å². The number of nitrogens with zero attached hydrogens (tertiary/aromatic N) is 3. The van der Waals surface area contributed by atoms with Gasteiger partial charge in [0, 0.05) is 6.54 Å². The lowest BCUT2D eigenvalue weighted by Crippen LogP contribution is -2.29. The van der Waals surface area contributed by atoms with Crippen molar-refractivity contribution in [1.82, 2.24) is 19.5 Å². The molecule has 1 N–H and O–H groups in total. The van der Waals surface area contributed by atoms with E-state index in [4.69, 9.17) is 0 Å². The van der Waals surface area contributed by atoms with Crippen molar-refractivity contribution in [2.45, 2.75) is 45.6 Å². The second-order valence-corrected chi connectivity index (χ2v) is 7.62. The maximum absolute atomic E-state index is 13.2. The van der Waals surface area contributed by atoms with Crippen LogP contribution < -0.4 is 11.2 Å². The highest BCUT2D eigenvalue weighted by Crippen LogP contribution is 2.26. The Labute approximate surface area is 172 Å². The molecule has 154 valence electrons. The van der Waals surface area contributed by atoms with Crippen molar-refractivity contribution < 1.29 is 4.39 Å². The van der Waals surface area contributed by atoms with E-state index in [2.05, 4.69) is 28.8 Å². The summed E-state index contributed by atoms with van der Waals surface area (Å²) in [5.41, 5.74) is 2.64. The smallest absolute Gasteiger partial charge is 0.322 e. The summed E-state index contributed by atoms with van der Waals surface area (Å²) in [5, 5.41) is 0. The molecule has 1 unspecified atom stereocenters. The zero-order valence-corrected chi connectivity index (χ0v) is 17.0. The van der Waals surface area contributed by atoms with Gasteiger partial charge in [0.2, 0.25) is 0 Å². The Bertz CT molecular complexity index is 1280. The van der Waals surface area contributed by atoms with Crippen LogP contribution >= 0.6 is 0 Å². The van der Waals surface area contributed by atoms with Gasteiger partial charge in [-0.15, -0.1) is 0 Å². The maximum Gasteiger partial charge on any atom is 0.349 e. The normalized spacial score (nSPS) is 12.5. The minimum atomic E-state index is -0.684. The second-order valence-electron chi connectivity index (χ2n) is 7.62. The summed E-state index contributed by atoms with van der Waals surface area (Å²) in [6.45, 7) is 4.72. The molecule has 7 heteroatoms. The number of H-pyrrole nitrogens is 1. The molecule has 0 radical (unpaired) electrons. The molecule has 4 rings (SSSR count). The third-order valence-corrected chi connectivity index (χ3v) is 5.44. The van der Waals surface area contributed by atoms with E-state index in [1.54, 1.807) is 12.1 Å². The Morgan fingerprint density at radius 3 is 2.60 bits per heavy atom. The number of benzene rings is 2. The maximum atomic E-state index is 13.2. The van der Waals surface area contributed by atoms with Crippen molar-refractivity contribution >= 4 is 11.0 Å². The van der Waals surface area contributed by atoms with E-state index in [9.17, 15) is 14.0 Å². The van der Waals surface area contributed by atoms with Gasteiger partial charge >= 0.3 is 5.69 Å². The molecule has 0 amide bonds. The van der Waals surface area contributed by atoms with Gasteiger partial charge in [-0.2, -0.15) is 4.98 Å². The van der Waals surface area contributed by atoms with E-state index in [-0.39, 0.29) is 23.3 Å². The van der Waals surface area contributed by atoms with Crippen LogP contribution in [0.2, 0.25) is 0 Å². The van der Waals surface area contributed by atoms with E-state index in [1.807, 2.05) is 22.8 Å².